The van der Waals surface area contributed by atoms with Crippen molar-refractivity contribution in [1.82, 2.24) is 4.90 Å². The molecule has 2 nitrogen and oxygen atoms in total. The summed E-state index contributed by atoms with van der Waals surface area (Å²) in [6.07, 6.45) is 8.71. The van der Waals surface area contributed by atoms with Crippen LogP contribution in [0.5, 0.6) is 0 Å². The molecule has 0 N–H and O–H groups in total. The van der Waals surface area contributed by atoms with Crippen molar-refractivity contribution in [2.45, 2.75) is 97.7 Å². The van der Waals surface area contributed by atoms with Gasteiger partial charge in [-0.2, -0.15) is 5.26 Å². The van der Waals surface area contributed by atoms with Crippen LogP contribution in [0.2, 0.25) is 0 Å². The predicted molar refractivity (Wildman–Crippen MR) is 88.9 cm³/mol. The summed E-state index contributed by atoms with van der Waals surface area (Å²) in [5.41, 5.74) is 0.420. The zero-order chi connectivity index (χ0) is 15.6. The average Bonchev–Trinajstić information content (AvgIpc) is 2.87. The first-order valence-corrected chi connectivity index (χ1v) is 9.11. The lowest BCUT2D eigenvalue weighted by Crippen LogP contribution is -2.50. The summed E-state index contributed by atoms with van der Waals surface area (Å²) in [6, 6.07) is 4.52. The van der Waals surface area contributed by atoms with Crippen molar-refractivity contribution in [2.75, 3.05) is 0 Å². The van der Waals surface area contributed by atoms with E-state index >= 15 is 0 Å². The maximum absolute atomic E-state index is 9.64. The van der Waals surface area contributed by atoms with E-state index in [1.807, 2.05) is 0 Å². The number of hydrogen-bond acceptors (Lipinski definition) is 2. The molecule has 0 aromatic heterocycles. The van der Waals surface area contributed by atoms with Crippen LogP contribution in [0.3, 0.4) is 0 Å². The van der Waals surface area contributed by atoms with Gasteiger partial charge in [-0.15, -0.1) is 0 Å². The minimum absolute atomic E-state index is 0.253. The lowest BCUT2D eigenvalue weighted by molar-refractivity contribution is 0.0265. The summed E-state index contributed by atoms with van der Waals surface area (Å²) in [5, 5.41) is 9.64. The maximum atomic E-state index is 9.64. The van der Waals surface area contributed by atoms with Crippen LogP contribution in [-0.4, -0.2) is 23.0 Å². The Morgan fingerprint density at radius 3 is 2.43 bits per heavy atom. The molecule has 0 amide bonds. The standard InChI is InChI=1S/C19H34N2/c1-6-17-11-8-14(3)21(17)18-12-16(19(4,5)7-2)10-9-15(18)13-20/h14-18H,6-12H2,1-5H3. The second-order valence-corrected chi connectivity index (χ2v) is 8.09. The van der Waals surface area contributed by atoms with E-state index in [4.69, 9.17) is 0 Å². The van der Waals surface area contributed by atoms with E-state index in [0.717, 1.165) is 12.3 Å². The van der Waals surface area contributed by atoms with E-state index in [2.05, 4.69) is 45.6 Å². The number of nitrogens with zero attached hydrogens (tertiary/aromatic N) is 2. The van der Waals surface area contributed by atoms with Crippen LogP contribution in [0.4, 0.5) is 0 Å². The third-order valence-corrected chi connectivity index (χ3v) is 6.70. The molecule has 2 aliphatic rings. The molecule has 1 saturated heterocycles. The Balaban J connectivity index is 2.19. The van der Waals surface area contributed by atoms with E-state index < -0.39 is 0 Å². The van der Waals surface area contributed by atoms with Crippen molar-refractivity contribution in [3.05, 3.63) is 0 Å². The van der Waals surface area contributed by atoms with Crippen LogP contribution in [0, 0.1) is 28.6 Å². The van der Waals surface area contributed by atoms with Crippen LogP contribution < -0.4 is 0 Å². The van der Waals surface area contributed by atoms with Gasteiger partial charge in [-0.25, -0.2) is 0 Å². The zero-order valence-corrected chi connectivity index (χ0v) is 14.7. The van der Waals surface area contributed by atoms with Gasteiger partial charge in [-0.1, -0.05) is 34.1 Å². The smallest absolute Gasteiger partial charge is 0.0672 e. The van der Waals surface area contributed by atoms with Gasteiger partial charge >= 0.3 is 0 Å². The molecule has 0 spiro atoms. The molecule has 0 radical (unpaired) electrons. The minimum Gasteiger partial charge on any atom is -0.293 e. The van der Waals surface area contributed by atoms with Gasteiger partial charge in [0.2, 0.25) is 0 Å². The Morgan fingerprint density at radius 1 is 1.14 bits per heavy atom. The normalized spacial score (nSPS) is 38.4. The molecule has 1 aliphatic heterocycles. The summed E-state index contributed by atoms with van der Waals surface area (Å²) in [4.78, 5) is 2.74. The van der Waals surface area contributed by atoms with Gasteiger partial charge in [0.1, 0.15) is 0 Å². The molecule has 120 valence electrons. The molecule has 1 heterocycles. The summed E-state index contributed by atoms with van der Waals surface area (Å²) in [6.45, 7) is 11.9. The average molecular weight is 290 g/mol. The molecule has 2 heteroatoms. The second-order valence-electron chi connectivity index (χ2n) is 8.09. The number of nitriles is 1. The number of rotatable bonds is 4. The van der Waals surface area contributed by atoms with Crippen molar-refractivity contribution >= 4 is 0 Å². The Labute approximate surface area is 131 Å². The van der Waals surface area contributed by atoms with E-state index in [9.17, 15) is 5.26 Å². The largest absolute Gasteiger partial charge is 0.293 e. The highest BCUT2D eigenvalue weighted by atomic mass is 15.2. The predicted octanol–water partition coefficient (Wildman–Crippen LogP) is 4.99. The van der Waals surface area contributed by atoms with Gasteiger partial charge in [0.15, 0.2) is 0 Å². The first-order chi connectivity index (χ1) is 9.94. The SMILES string of the molecule is CCC1CCC(C)N1C1CC(C(C)(C)CC)CCC1C#N. The van der Waals surface area contributed by atoms with E-state index in [0.29, 0.717) is 23.5 Å². The maximum Gasteiger partial charge on any atom is 0.0672 e. The van der Waals surface area contributed by atoms with Crippen LogP contribution in [0.15, 0.2) is 0 Å². The number of hydrogen-bond donors (Lipinski definition) is 0. The summed E-state index contributed by atoms with van der Waals surface area (Å²) in [5.74, 6) is 1.03. The lowest BCUT2D eigenvalue weighted by atomic mass is 9.65. The van der Waals surface area contributed by atoms with Gasteiger partial charge in [0.05, 0.1) is 12.0 Å². The molecule has 2 rings (SSSR count). The zero-order valence-electron chi connectivity index (χ0n) is 14.7. The van der Waals surface area contributed by atoms with Crippen molar-refractivity contribution in [2.24, 2.45) is 17.3 Å². The molecule has 1 aliphatic carbocycles. The highest BCUT2D eigenvalue weighted by Gasteiger charge is 2.44. The van der Waals surface area contributed by atoms with Gasteiger partial charge in [0, 0.05) is 18.1 Å². The minimum atomic E-state index is 0.253. The molecule has 0 aromatic rings. The molecule has 5 unspecified atom stereocenters. The fourth-order valence-electron chi connectivity index (χ4n) is 4.73. The van der Waals surface area contributed by atoms with Crippen LogP contribution in [0.1, 0.15) is 79.6 Å². The molecule has 1 saturated carbocycles. The van der Waals surface area contributed by atoms with Crippen molar-refractivity contribution in [3.63, 3.8) is 0 Å². The van der Waals surface area contributed by atoms with Gasteiger partial charge in [-0.05, 0) is 56.8 Å². The van der Waals surface area contributed by atoms with Gasteiger partial charge in [-0.3, -0.25) is 4.90 Å². The summed E-state index contributed by atoms with van der Waals surface area (Å²) >= 11 is 0. The quantitative estimate of drug-likeness (QED) is 0.729. The highest BCUT2D eigenvalue weighted by molar-refractivity contribution is 5.03. The Bertz CT molecular complexity index is 382. The summed E-state index contributed by atoms with van der Waals surface area (Å²) < 4.78 is 0. The second kappa shape index (κ2) is 6.69. The Morgan fingerprint density at radius 2 is 1.86 bits per heavy atom. The van der Waals surface area contributed by atoms with Crippen LogP contribution in [-0.2, 0) is 0 Å². The van der Waals surface area contributed by atoms with Gasteiger partial charge < -0.3 is 0 Å². The van der Waals surface area contributed by atoms with Crippen LogP contribution in [0.25, 0.3) is 0 Å². The Hall–Kier alpha value is -0.550. The van der Waals surface area contributed by atoms with Crippen LogP contribution >= 0.6 is 0 Å². The first-order valence-electron chi connectivity index (χ1n) is 9.11. The fraction of sp³-hybridized carbons (Fsp3) is 0.947. The third kappa shape index (κ3) is 3.29. The lowest BCUT2D eigenvalue weighted by Gasteiger charge is -2.47. The fourth-order valence-corrected chi connectivity index (χ4v) is 4.73. The molecule has 2 fully saturated rings. The number of likely N-dealkylation sites (tertiary alicyclic amines) is 1. The Kier molecular flexibility index (Phi) is 5.36. The topological polar surface area (TPSA) is 27.0 Å². The summed E-state index contributed by atoms with van der Waals surface area (Å²) in [7, 11) is 0. The molecule has 5 atom stereocenters. The first kappa shape index (κ1) is 16.8. The third-order valence-electron chi connectivity index (χ3n) is 6.70. The molecule has 0 bridgehead atoms. The van der Waals surface area contributed by atoms with Crippen molar-refractivity contribution in [1.29, 1.82) is 5.26 Å². The van der Waals surface area contributed by atoms with Crippen molar-refractivity contribution < 1.29 is 0 Å². The van der Waals surface area contributed by atoms with Crippen molar-refractivity contribution in [3.8, 4) is 6.07 Å². The monoisotopic (exact) mass is 290 g/mol. The van der Waals surface area contributed by atoms with E-state index in [1.165, 1.54) is 38.5 Å². The van der Waals surface area contributed by atoms with E-state index in [1.54, 1.807) is 0 Å². The molecule has 21 heavy (non-hydrogen) atoms. The molecular weight excluding hydrogens is 256 g/mol. The van der Waals surface area contributed by atoms with E-state index in [-0.39, 0.29) is 5.92 Å². The highest BCUT2D eigenvalue weighted by Crippen LogP contribution is 2.45. The van der Waals surface area contributed by atoms with Gasteiger partial charge in [0.25, 0.3) is 0 Å². The molecular formula is C19H34N2. The molecule has 0 aromatic carbocycles.